The summed E-state index contributed by atoms with van der Waals surface area (Å²) in [4.78, 5) is 36.3. The van der Waals surface area contributed by atoms with Gasteiger partial charge in [-0.15, -0.1) is 0 Å². The lowest BCUT2D eigenvalue weighted by Gasteiger charge is -2.12. The third kappa shape index (κ3) is 8.45. The minimum absolute atomic E-state index is 0.0994. The van der Waals surface area contributed by atoms with Crippen molar-refractivity contribution in [3.8, 4) is 5.75 Å². The summed E-state index contributed by atoms with van der Waals surface area (Å²) in [5.41, 5.74) is 5.25. The van der Waals surface area contributed by atoms with Crippen LogP contribution >= 0.6 is 23.2 Å². The number of halogens is 2. The lowest BCUT2D eigenvalue weighted by atomic mass is 10.2. The second-order valence-electron chi connectivity index (χ2n) is 6.22. The summed E-state index contributed by atoms with van der Waals surface area (Å²) in [5, 5.41) is 3.33. The van der Waals surface area contributed by atoms with Crippen LogP contribution in [0.5, 0.6) is 5.75 Å². The Hall–Kier alpha value is -2.81. The molecule has 31 heavy (non-hydrogen) atoms. The number of carbonyl (C=O) groups excluding carboxylic acids is 3. The van der Waals surface area contributed by atoms with Crippen molar-refractivity contribution in [1.82, 2.24) is 10.9 Å². The quantitative estimate of drug-likeness (QED) is 0.365. The Morgan fingerprint density at radius 1 is 0.935 bits per heavy atom. The molecular weight excluding hydrogens is 445 g/mol. The Bertz CT molecular complexity index is 924. The molecule has 0 spiro atoms. The van der Waals surface area contributed by atoms with E-state index in [0.29, 0.717) is 34.7 Å². The van der Waals surface area contributed by atoms with E-state index >= 15 is 0 Å². The first-order valence-corrected chi connectivity index (χ1v) is 10.3. The van der Waals surface area contributed by atoms with Gasteiger partial charge in [0.2, 0.25) is 11.8 Å². The molecule has 166 valence electrons. The zero-order valence-corrected chi connectivity index (χ0v) is 18.4. The van der Waals surface area contributed by atoms with E-state index in [1.165, 1.54) is 6.07 Å². The van der Waals surface area contributed by atoms with Gasteiger partial charge in [-0.25, -0.2) is 0 Å². The van der Waals surface area contributed by atoms with Crippen molar-refractivity contribution >= 4 is 46.6 Å². The van der Waals surface area contributed by atoms with Crippen molar-refractivity contribution in [3.05, 3.63) is 58.1 Å². The van der Waals surface area contributed by atoms with Crippen LogP contribution in [0.25, 0.3) is 0 Å². The number of carbonyl (C=O) groups is 3. The van der Waals surface area contributed by atoms with E-state index in [2.05, 4.69) is 16.2 Å². The predicted molar refractivity (Wildman–Crippen MR) is 118 cm³/mol. The minimum Gasteiger partial charge on any atom is -0.490 e. The molecule has 0 radical (unpaired) electrons. The van der Waals surface area contributed by atoms with E-state index in [4.69, 9.17) is 32.7 Å². The van der Waals surface area contributed by atoms with Gasteiger partial charge in [0.25, 0.3) is 5.91 Å². The number of hydrogen-bond acceptors (Lipinski definition) is 5. The summed E-state index contributed by atoms with van der Waals surface area (Å²) < 4.78 is 10.8. The number of benzene rings is 2. The van der Waals surface area contributed by atoms with Gasteiger partial charge in [-0.2, -0.15) is 0 Å². The standard InChI is InChI=1S/C21H23Cl2N3O5/c1-2-30-11-12-31-18-6-4-3-5-15(18)21(29)26-25-20(28)10-9-19(27)24-17-8-7-14(22)13-16(17)23/h3-8,13H,2,9-12H2,1H3,(H,24,27)(H,25,28)(H,26,29). The SMILES string of the molecule is CCOCCOc1ccccc1C(=O)NNC(=O)CCC(=O)Nc1ccc(Cl)cc1Cl. The molecule has 0 saturated heterocycles. The zero-order chi connectivity index (χ0) is 22.6. The Labute approximate surface area is 190 Å². The van der Waals surface area contributed by atoms with E-state index in [-0.39, 0.29) is 25.0 Å². The van der Waals surface area contributed by atoms with Crippen molar-refractivity contribution in [3.63, 3.8) is 0 Å². The molecule has 10 heteroatoms. The van der Waals surface area contributed by atoms with Gasteiger partial charge in [0, 0.05) is 24.5 Å². The smallest absolute Gasteiger partial charge is 0.273 e. The van der Waals surface area contributed by atoms with Gasteiger partial charge in [-0.3, -0.25) is 25.2 Å². The fourth-order valence-electron chi connectivity index (χ4n) is 2.42. The molecule has 3 amide bonds. The summed E-state index contributed by atoms with van der Waals surface area (Å²) in [6.07, 6.45) is -0.235. The van der Waals surface area contributed by atoms with Gasteiger partial charge in [0.1, 0.15) is 12.4 Å². The van der Waals surface area contributed by atoms with E-state index in [9.17, 15) is 14.4 Å². The van der Waals surface area contributed by atoms with Crippen molar-refractivity contribution in [2.45, 2.75) is 19.8 Å². The molecule has 3 N–H and O–H groups in total. The van der Waals surface area contributed by atoms with E-state index in [1.807, 2.05) is 6.92 Å². The van der Waals surface area contributed by atoms with Crippen molar-refractivity contribution in [2.24, 2.45) is 0 Å². The first-order chi connectivity index (χ1) is 14.9. The molecule has 0 aliphatic rings. The second-order valence-corrected chi connectivity index (χ2v) is 7.06. The predicted octanol–water partition coefficient (Wildman–Crippen LogP) is 3.59. The number of nitrogens with one attached hydrogen (secondary N) is 3. The molecule has 0 unspecified atom stereocenters. The average molecular weight is 468 g/mol. The maximum absolute atomic E-state index is 12.4. The maximum atomic E-state index is 12.4. The summed E-state index contributed by atoms with van der Waals surface area (Å²) in [7, 11) is 0. The van der Waals surface area contributed by atoms with Crippen molar-refractivity contribution < 1.29 is 23.9 Å². The molecule has 8 nitrogen and oxygen atoms in total. The highest BCUT2D eigenvalue weighted by Crippen LogP contribution is 2.25. The topological polar surface area (TPSA) is 106 Å². The summed E-state index contributed by atoms with van der Waals surface area (Å²) in [6.45, 7) is 3.13. The number of hydrogen-bond donors (Lipinski definition) is 3. The Balaban J connectivity index is 1.78. The third-order valence-corrected chi connectivity index (χ3v) is 4.47. The van der Waals surface area contributed by atoms with Gasteiger partial charge >= 0.3 is 0 Å². The minimum atomic E-state index is -0.544. The van der Waals surface area contributed by atoms with Gasteiger partial charge in [0.15, 0.2) is 0 Å². The lowest BCUT2D eigenvalue weighted by molar-refractivity contribution is -0.124. The number of rotatable bonds is 10. The molecule has 0 aliphatic carbocycles. The van der Waals surface area contributed by atoms with E-state index in [1.54, 1.807) is 36.4 Å². The van der Waals surface area contributed by atoms with Gasteiger partial charge in [-0.1, -0.05) is 35.3 Å². The largest absolute Gasteiger partial charge is 0.490 e. The molecule has 0 heterocycles. The molecule has 0 saturated carbocycles. The first-order valence-electron chi connectivity index (χ1n) is 9.54. The van der Waals surface area contributed by atoms with Crippen LogP contribution in [0, 0.1) is 0 Å². The highest BCUT2D eigenvalue weighted by Gasteiger charge is 2.14. The van der Waals surface area contributed by atoms with Crippen LogP contribution in [0.2, 0.25) is 10.0 Å². The number of amides is 3. The molecular formula is C21H23Cl2N3O5. The molecule has 2 aromatic rings. The van der Waals surface area contributed by atoms with E-state index < -0.39 is 17.7 Å². The average Bonchev–Trinajstić information content (AvgIpc) is 2.76. The second kappa shape index (κ2) is 12.8. The third-order valence-electron chi connectivity index (χ3n) is 3.92. The van der Waals surface area contributed by atoms with Gasteiger partial charge < -0.3 is 14.8 Å². The van der Waals surface area contributed by atoms with Crippen LogP contribution < -0.4 is 20.9 Å². The van der Waals surface area contributed by atoms with Gasteiger partial charge in [0.05, 0.1) is 22.9 Å². The molecule has 0 aromatic heterocycles. The first kappa shape index (κ1) is 24.5. The van der Waals surface area contributed by atoms with Crippen LogP contribution in [0.1, 0.15) is 30.1 Å². The molecule has 0 bridgehead atoms. The van der Waals surface area contributed by atoms with Crippen LogP contribution in [0.4, 0.5) is 5.69 Å². The lowest BCUT2D eigenvalue weighted by Crippen LogP contribution is -2.42. The monoisotopic (exact) mass is 467 g/mol. The fourth-order valence-corrected chi connectivity index (χ4v) is 2.88. The van der Waals surface area contributed by atoms with E-state index in [0.717, 1.165) is 0 Å². The zero-order valence-electron chi connectivity index (χ0n) is 16.9. The highest BCUT2D eigenvalue weighted by molar-refractivity contribution is 6.36. The Kier molecular flexibility index (Phi) is 10.1. The number of hydrazine groups is 1. The molecule has 0 fully saturated rings. The normalized spacial score (nSPS) is 10.3. The Morgan fingerprint density at radius 2 is 1.68 bits per heavy atom. The number of ether oxygens (including phenoxy) is 2. The summed E-state index contributed by atoms with van der Waals surface area (Å²) in [6, 6.07) is 11.3. The van der Waals surface area contributed by atoms with Crippen LogP contribution in [-0.4, -0.2) is 37.5 Å². The molecule has 0 atom stereocenters. The van der Waals surface area contributed by atoms with Crippen LogP contribution in [-0.2, 0) is 14.3 Å². The van der Waals surface area contributed by atoms with Crippen LogP contribution in [0.15, 0.2) is 42.5 Å². The summed E-state index contributed by atoms with van der Waals surface area (Å²) >= 11 is 11.8. The van der Waals surface area contributed by atoms with Gasteiger partial charge in [-0.05, 0) is 37.3 Å². The van der Waals surface area contributed by atoms with Crippen molar-refractivity contribution in [1.29, 1.82) is 0 Å². The Morgan fingerprint density at radius 3 is 2.42 bits per heavy atom. The van der Waals surface area contributed by atoms with Crippen LogP contribution in [0.3, 0.4) is 0 Å². The fraction of sp³-hybridized carbons (Fsp3) is 0.286. The number of para-hydroxylation sites is 1. The molecule has 2 aromatic carbocycles. The highest BCUT2D eigenvalue weighted by atomic mass is 35.5. The number of anilines is 1. The molecule has 0 aliphatic heterocycles. The molecule has 2 rings (SSSR count). The maximum Gasteiger partial charge on any atom is 0.273 e. The summed E-state index contributed by atoms with van der Waals surface area (Å²) in [5.74, 6) is -1.11. The van der Waals surface area contributed by atoms with Crippen molar-refractivity contribution in [2.75, 3.05) is 25.1 Å².